The molecule has 0 aliphatic heterocycles. The van der Waals surface area contributed by atoms with E-state index in [1.54, 1.807) is 61.5 Å². The fraction of sp³-hybridized carbons (Fsp3) is 0.400. The average molecular weight is 583 g/mol. The number of carbonyl (C=O) groups excluding carboxylic acids is 3. The summed E-state index contributed by atoms with van der Waals surface area (Å²) in [6, 6.07) is 17.6. The molecule has 0 aromatic heterocycles. The minimum atomic E-state index is -0.973. The molecule has 42 heavy (non-hydrogen) atoms. The number of esters is 1. The molecule has 2 aromatic rings. The SMILES string of the molecule is CCOC(=O)[C@H](CCCN=C(N)N)CC(=O)c1ccccc1.NC(N)=NCCC[C@H](CC(=O)c1ccccc1)C(=O)O. The zero-order chi connectivity index (χ0) is 31.3. The number of aliphatic imine (C=N–C) groups is 2. The van der Waals surface area contributed by atoms with Gasteiger partial charge >= 0.3 is 11.9 Å². The number of carboxylic acid groups (broad SMARTS) is 1. The van der Waals surface area contributed by atoms with E-state index in [4.69, 9.17) is 32.8 Å². The van der Waals surface area contributed by atoms with Crippen LogP contribution in [-0.4, -0.2) is 60.2 Å². The van der Waals surface area contributed by atoms with Gasteiger partial charge in [-0.1, -0.05) is 60.7 Å². The third kappa shape index (κ3) is 15.2. The molecule has 228 valence electrons. The lowest BCUT2D eigenvalue weighted by Crippen LogP contribution is -2.24. The van der Waals surface area contributed by atoms with E-state index < -0.39 is 17.8 Å². The molecule has 0 unspecified atom stereocenters. The maximum absolute atomic E-state index is 12.2. The zero-order valence-corrected chi connectivity index (χ0v) is 24.0. The van der Waals surface area contributed by atoms with Crippen LogP contribution in [0.25, 0.3) is 0 Å². The van der Waals surface area contributed by atoms with Crippen LogP contribution in [0, 0.1) is 11.8 Å². The number of nitrogens with two attached hydrogens (primary N) is 4. The van der Waals surface area contributed by atoms with Gasteiger partial charge in [0, 0.05) is 37.1 Å². The molecule has 0 aliphatic carbocycles. The van der Waals surface area contributed by atoms with Gasteiger partial charge in [-0.2, -0.15) is 0 Å². The van der Waals surface area contributed by atoms with E-state index in [0.717, 1.165) is 0 Å². The number of hydrogen-bond acceptors (Lipinski definition) is 7. The fourth-order valence-electron chi connectivity index (χ4n) is 3.90. The summed E-state index contributed by atoms with van der Waals surface area (Å²) in [6.45, 7) is 2.83. The Labute approximate surface area is 246 Å². The Morgan fingerprint density at radius 2 is 1.12 bits per heavy atom. The van der Waals surface area contributed by atoms with Crippen molar-refractivity contribution in [2.45, 2.75) is 45.4 Å². The Kier molecular flexibility index (Phi) is 17.0. The van der Waals surface area contributed by atoms with Crippen molar-refractivity contribution in [2.24, 2.45) is 44.8 Å². The number of rotatable bonds is 17. The van der Waals surface area contributed by atoms with Crippen molar-refractivity contribution in [2.75, 3.05) is 19.7 Å². The molecule has 0 amide bonds. The Balaban J connectivity index is 0.000000422. The number of aliphatic carboxylic acids is 1. The number of guanidine groups is 2. The molecule has 12 heteroatoms. The number of nitrogens with zero attached hydrogens (tertiary/aromatic N) is 2. The molecule has 0 bridgehead atoms. The standard InChI is InChI=1S/C16H23N3O3.C14H19N3O3/c1-2-22-15(21)13(9-6-10-19-16(17)18)11-14(20)12-7-4-3-5-8-12;15-14(16)17-8-4-7-11(13(19)20)9-12(18)10-5-2-1-3-6-10/h3-5,7-8,13H,2,6,9-11H2,1H3,(H4,17,18,19);1-3,5-6,11H,4,7-9H2,(H,19,20)(H4,15,16,17)/t13-;11-/m11/s1. The molecule has 0 fully saturated rings. The van der Waals surface area contributed by atoms with Gasteiger partial charge in [0.1, 0.15) is 0 Å². The highest BCUT2D eigenvalue weighted by molar-refractivity contribution is 5.98. The number of carboxylic acids is 1. The van der Waals surface area contributed by atoms with Crippen molar-refractivity contribution in [1.82, 2.24) is 0 Å². The highest BCUT2D eigenvalue weighted by atomic mass is 16.5. The quantitative estimate of drug-likeness (QED) is 0.0601. The van der Waals surface area contributed by atoms with Crippen LogP contribution < -0.4 is 22.9 Å². The maximum Gasteiger partial charge on any atom is 0.309 e. The molecule has 0 spiro atoms. The van der Waals surface area contributed by atoms with Gasteiger partial charge in [-0.05, 0) is 32.6 Å². The van der Waals surface area contributed by atoms with E-state index in [1.807, 2.05) is 6.07 Å². The fourth-order valence-corrected chi connectivity index (χ4v) is 3.90. The average Bonchev–Trinajstić information content (AvgIpc) is 2.97. The van der Waals surface area contributed by atoms with Gasteiger partial charge in [0.15, 0.2) is 23.5 Å². The van der Waals surface area contributed by atoms with Crippen LogP contribution in [0.2, 0.25) is 0 Å². The van der Waals surface area contributed by atoms with Gasteiger partial charge in [-0.25, -0.2) is 0 Å². The van der Waals surface area contributed by atoms with Crippen molar-refractivity contribution in [3.63, 3.8) is 0 Å². The minimum absolute atomic E-state index is 0.0127. The van der Waals surface area contributed by atoms with Crippen LogP contribution in [0.15, 0.2) is 70.6 Å². The first-order valence-corrected chi connectivity index (χ1v) is 13.7. The lowest BCUT2D eigenvalue weighted by molar-refractivity contribution is -0.148. The topological polar surface area (TPSA) is 227 Å². The summed E-state index contributed by atoms with van der Waals surface area (Å²) >= 11 is 0. The Morgan fingerprint density at radius 1 is 0.714 bits per heavy atom. The van der Waals surface area contributed by atoms with Gasteiger partial charge < -0.3 is 32.8 Å². The third-order valence-corrected chi connectivity index (χ3v) is 6.03. The number of carbonyl (C=O) groups is 4. The van der Waals surface area contributed by atoms with Crippen LogP contribution >= 0.6 is 0 Å². The third-order valence-electron chi connectivity index (χ3n) is 6.03. The van der Waals surface area contributed by atoms with E-state index >= 15 is 0 Å². The number of benzene rings is 2. The van der Waals surface area contributed by atoms with Crippen LogP contribution in [-0.2, 0) is 14.3 Å². The number of ether oxygens (including phenoxy) is 1. The molecule has 2 aromatic carbocycles. The smallest absolute Gasteiger partial charge is 0.309 e. The van der Waals surface area contributed by atoms with Crippen molar-refractivity contribution in [1.29, 1.82) is 0 Å². The Hall–Kier alpha value is -4.74. The largest absolute Gasteiger partial charge is 0.481 e. The van der Waals surface area contributed by atoms with Gasteiger partial charge in [-0.15, -0.1) is 0 Å². The lowest BCUT2D eigenvalue weighted by atomic mass is 9.94. The monoisotopic (exact) mass is 582 g/mol. The van der Waals surface area contributed by atoms with Crippen LogP contribution in [0.4, 0.5) is 0 Å². The van der Waals surface area contributed by atoms with Crippen molar-refractivity contribution < 1.29 is 29.0 Å². The van der Waals surface area contributed by atoms with Gasteiger partial charge in [0.25, 0.3) is 0 Å². The molecule has 0 saturated heterocycles. The van der Waals surface area contributed by atoms with E-state index in [9.17, 15) is 19.2 Å². The summed E-state index contributed by atoms with van der Waals surface area (Å²) in [5.74, 6) is -2.74. The summed E-state index contributed by atoms with van der Waals surface area (Å²) in [5.41, 5.74) is 22.0. The van der Waals surface area contributed by atoms with E-state index in [1.165, 1.54) is 0 Å². The summed E-state index contributed by atoms with van der Waals surface area (Å²) in [6.07, 6.45) is 2.13. The number of Topliss-reactive ketones (excluding diaryl/α,β-unsaturated/α-hetero) is 2. The molecular weight excluding hydrogens is 540 g/mol. The first kappa shape index (κ1) is 35.3. The summed E-state index contributed by atoms with van der Waals surface area (Å²) < 4.78 is 5.04. The Morgan fingerprint density at radius 3 is 1.50 bits per heavy atom. The van der Waals surface area contributed by atoms with Crippen LogP contribution in [0.5, 0.6) is 0 Å². The second-order valence-corrected chi connectivity index (χ2v) is 9.37. The molecular formula is C30H42N6O6. The van der Waals surface area contributed by atoms with E-state index in [2.05, 4.69) is 9.98 Å². The molecule has 0 saturated carbocycles. The molecule has 2 rings (SSSR count). The molecule has 2 atom stereocenters. The molecule has 0 heterocycles. The van der Waals surface area contributed by atoms with Crippen LogP contribution in [0.3, 0.4) is 0 Å². The molecule has 9 N–H and O–H groups in total. The van der Waals surface area contributed by atoms with Crippen molar-refractivity contribution in [3.8, 4) is 0 Å². The lowest BCUT2D eigenvalue weighted by Gasteiger charge is -2.14. The molecule has 12 nitrogen and oxygen atoms in total. The van der Waals surface area contributed by atoms with E-state index in [-0.39, 0.29) is 42.3 Å². The van der Waals surface area contributed by atoms with Crippen molar-refractivity contribution in [3.05, 3.63) is 71.8 Å². The van der Waals surface area contributed by atoms with Crippen molar-refractivity contribution >= 4 is 35.4 Å². The highest BCUT2D eigenvalue weighted by Gasteiger charge is 2.23. The minimum Gasteiger partial charge on any atom is -0.481 e. The molecule has 0 aliphatic rings. The summed E-state index contributed by atoms with van der Waals surface area (Å²) in [7, 11) is 0. The zero-order valence-electron chi connectivity index (χ0n) is 24.0. The second kappa shape index (κ2) is 20.2. The van der Waals surface area contributed by atoms with E-state index in [0.29, 0.717) is 56.5 Å². The number of ketones is 2. The normalized spacial score (nSPS) is 11.5. The summed E-state index contributed by atoms with van der Waals surface area (Å²) in [5, 5.41) is 9.14. The molecule has 0 radical (unpaired) electrons. The highest BCUT2D eigenvalue weighted by Crippen LogP contribution is 2.18. The summed E-state index contributed by atoms with van der Waals surface area (Å²) in [4.78, 5) is 55.0. The first-order chi connectivity index (χ1) is 20.0. The number of hydrogen-bond donors (Lipinski definition) is 5. The predicted molar refractivity (Wildman–Crippen MR) is 162 cm³/mol. The maximum atomic E-state index is 12.2. The second-order valence-electron chi connectivity index (χ2n) is 9.37. The van der Waals surface area contributed by atoms with Crippen LogP contribution in [0.1, 0.15) is 66.2 Å². The van der Waals surface area contributed by atoms with Gasteiger partial charge in [0.2, 0.25) is 0 Å². The van der Waals surface area contributed by atoms with Gasteiger partial charge in [0.05, 0.1) is 18.4 Å². The Bertz CT molecular complexity index is 1180. The predicted octanol–water partition coefficient (Wildman–Crippen LogP) is 2.51. The van der Waals surface area contributed by atoms with Gasteiger partial charge in [-0.3, -0.25) is 29.2 Å². The first-order valence-electron chi connectivity index (χ1n) is 13.7.